The van der Waals surface area contributed by atoms with Crippen LogP contribution >= 0.6 is 0 Å². The molecule has 15 heavy (non-hydrogen) atoms. The molecule has 0 spiro atoms. The van der Waals surface area contributed by atoms with Crippen LogP contribution < -0.4 is 10.7 Å². The minimum Gasteiger partial charge on any atom is -0.394 e. The summed E-state index contributed by atoms with van der Waals surface area (Å²) >= 11 is 0. The molecule has 0 bridgehead atoms. The topological polar surface area (TPSA) is 90.8 Å². The number of rotatable bonds is 4. The largest absolute Gasteiger partial charge is 0.394 e. The Labute approximate surface area is 87.7 Å². The molecule has 1 heterocycles. The van der Waals surface area contributed by atoms with Crippen LogP contribution in [0.3, 0.4) is 0 Å². The second kappa shape index (κ2) is 5.45. The van der Waals surface area contributed by atoms with Crippen molar-refractivity contribution in [3.8, 4) is 0 Å². The van der Waals surface area contributed by atoms with Crippen molar-refractivity contribution in [2.45, 2.75) is 32.2 Å². The Morgan fingerprint density at radius 1 is 1.67 bits per heavy atom. The van der Waals surface area contributed by atoms with Gasteiger partial charge in [-0.25, -0.2) is 5.43 Å². The number of hydrogen-bond acceptors (Lipinski definition) is 4. The fraction of sp³-hybridized carbons (Fsp3) is 0.667. The summed E-state index contributed by atoms with van der Waals surface area (Å²) in [5, 5.41) is 15.2. The minimum absolute atomic E-state index is 0.0954. The third-order valence-electron chi connectivity index (χ3n) is 2.21. The van der Waals surface area contributed by atoms with Crippen LogP contribution in [0.1, 0.15) is 26.2 Å². The highest BCUT2D eigenvalue weighted by atomic mass is 16.3. The van der Waals surface area contributed by atoms with E-state index in [0.29, 0.717) is 18.6 Å². The molecule has 0 aromatic heterocycles. The van der Waals surface area contributed by atoms with E-state index in [1.54, 1.807) is 0 Å². The van der Waals surface area contributed by atoms with E-state index in [1.165, 1.54) is 0 Å². The van der Waals surface area contributed by atoms with E-state index in [4.69, 9.17) is 5.11 Å². The first-order chi connectivity index (χ1) is 7.17. The summed E-state index contributed by atoms with van der Waals surface area (Å²) in [4.78, 5) is 22.3. The lowest BCUT2D eigenvalue weighted by atomic mass is 10.1. The van der Waals surface area contributed by atoms with Crippen molar-refractivity contribution >= 4 is 17.5 Å². The molecule has 0 aromatic carbocycles. The maximum absolute atomic E-state index is 11.5. The average molecular weight is 213 g/mol. The minimum atomic E-state index is -0.323. The molecular weight excluding hydrogens is 198 g/mol. The van der Waals surface area contributed by atoms with E-state index in [0.717, 1.165) is 0 Å². The fourth-order valence-electron chi connectivity index (χ4n) is 1.18. The van der Waals surface area contributed by atoms with Crippen molar-refractivity contribution in [1.82, 2.24) is 10.7 Å². The van der Waals surface area contributed by atoms with E-state index < -0.39 is 0 Å². The third kappa shape index (κ3) is 3.32. The molecular formula is C9H15N3O3. The maximum Gasteiger partial charge on any atom is 0.267 e. The van der Waals surface area contributed by atoms with Crippen LogP contribution in [0.2, 0.25) is 0 Å². The standard InChI is InChI=1S/C9H15N3O3/c1-2-6(5-13)10-9(15)7-3-4-8(14)12-11-7/h6,13H,2-5H2,1H3,(H,10,15)(H,12,14)/t6-/m1/s1. The first-order valence-corrected chi connectivity index (χ1v) is 4.94. The first-order valence-electron chi connectivity index (χ1n) is 4.94. The Kier molecular flexibility index (Phi) is 4.23. The highest BCUT2D eigenvalue weighted by Crippen LogP contribution is 2.00. The van der Waals surface area contributed by atoms with Gasteiger partial charge in [0.1, 0.15) is 5.71 Å². The van der Waals surface area contributed by atoms with Crippen molar-refractivity contribution in [2.75, 3.05) is 6.61 Å². The van der Waals surface area contributed by atoms with Crippen LogP contribution in [0.15, 0.2) is 5.10 Å². The SMILES string of the molecule is CC[C@H](CO)NC(=O)C1=NNC(=O)CC1. The van der Waals surface area contributed by atoms with Crippen molar-refractivity contribution in [2.24, 2.45) is 5.10 Å². The van der Waals surface area contributed by atoms with E-state index in [-0.39, 0.29) is 30.9 Å². The van der Waals surface area contributed by atoms with Crippen molar-refractivity contribution in [3.05, 3.63) is 0 Å². The molecule has 0 aromatic rings. The van der Waals surface area contributed by atoms with Gasteiger partial charge < -0.3 is 10.4 Å². The molecule has 0 fully saturated rings. The van der Waals surface area contributed by atoms with Gasteiger partial charge in [0.15, 0.2) is 0 Å². The Morgan fingerprint density at radius 3 is 2.87 bits per heavy atom. The summed E-state index contributed by atoms with van der Waals surface area (Å²) in [7, 11) is 0. The molecule has 6 nitrogen and oxygen atoms in total. The maximum atomic E-state index is 11.5. The quantitative estimate of drug-likeness (QED) is 0.567. The molecule has 84 valence electrons. The summed E-state index contributed by atoms with van der Waals surface area (Å²) < 4.78 is 0. The number of aliphatic hydroxyl groups excluding tert-OH is 1. The predicted octanol–water partition coefficient (Wildman–Crippen LogP) is -0.860. The van der Waals surface area contributed by atoms with Gasteiger partial charge in [-0.2, -0.15) is 5.10 Å². The van der Waals surface area contributed by atoms with Gasteiger partial charge in [0, 0.05) is 12.8 Å². The molecule has 0 saturated carbocycles. The second-order valence-corrected chi connectivity index (χ2v) is 3.35. The molecule has 1 aliphatic rings. The fourth-order valence-corrected chi connectivity index (χ4v) is 1.18. The van der Waals surface area contributed by atoms with Crippen LogP contribution in [-0.4, -0.2) is 35.3 Å². The normalized spacial score (nSPS) is 17.7. The lowest BCUT2D eigenvalue weighted by molar-refractivity contribution is -0.121. The van der Waals surface area contributed by atoms with Gasteiger partial charge in [0.2, 0.25) is 5.91 Å². The number of carbonyl (C=O) groups excluding carboxylic acids is 2. The van der Waals surface area contributed by atoms with Gasteiger partial charge in [-0.3, -0.25) is 9.59 Å². The van der Waals surface area contributed by atoms with Crippen molar-refractivity contribution < 1.29 is 14.7 Å². The van der Waals surface area contributed by atoms with Gasteiger partial charge in [-0.1, -0.05) is 6.92 Å². The number of hydrazone groups is 1. The number of aliphatic hydroxyl groups is 1. The predicted molar refractivity (Wildman–Crippen MR) is 54.1 cm³/mol. The van der Waals surface area contributed by atoms with E-state index in [2.05, 4.69) is 15.8 Å². The lowest BCUT2D eigenvalue weighted by Gasteiger charge is -2.16. The van der Waals surface area contributed by atoms with Gasteiger partial charge >= 0.3 is 0 Å². The average Bonchev–Trinajstić information content (AvgIpc) is 2.26. The zero-order valence-corrected chi connectivity index (χ0v) is 8.62. The van der Waals surface area contributed by atoms with Crippen LogP contribution in [0, 0.1) is 0 Å². The molecule has 0 radical (unpaired) electrons. The molecule has 0 aliphatic carbocycles. The monoisotopic (exact) mass is 213 g/mol. The number of carbonyl (C=O) groups is 2. The Morgan fingerprint density at radius 2 is 2.40 bits per heavy atom. The van der Waals surface area contributed by atoms with Crippen LogP contribution in [-0.2, 0) is 9.59 Å². The molecule has 2 amide bonds. The Bertz CT molecular complexity index is 284. The van der Waals surface area contributed by atoms with Crippen LogP contribution in [0.5, 0.6) is 0 Å². The van der Waals surface area contributed by atoms with E-state index >= 15 is 0 Å². The molecule has 6 heteroatoms. The Balaban J connectivity index is 2.50. The van der Waals surface area contributed by atoms with Crippen molar-refractivity contribution in [3.63, 3.8) is 0 Å². The highest BCUT2D eigenvalue weighted by molar-refractivity contribution is 6.39. The molecule has 1 aliphatic heterocycles. The lowest BCUT2D eigenvalue weighted by Crippen LogP contribution is -2.43. The molecule has 0 unspecified atom stereocenters. The number of hydrogen-bond donors (Lipinski definition) is 3. The summed E-state index contributed by atoms with van der Waals surface area (Å²) in [6.45, 7) is 1.77. The van der Waals surface area contributed by atoms with Gasteiger partial charge in [-0.15, -0.1) is 0 Å². The Hall–Kier alpha value is -1.43. The summed E-state index contributed by atoms with van der Waals surface area (Å²) in [6.07, 6.45) is 1.28. The van der Waals surface area contributed by atoms with Crippen LogP contribution in [0.4, 0.5) is 0 Å². The third-order valence-corrected chi connectivity index (χ3v) is 2.21. The second-order valence-electron chi connectivity index (χ2n) is 3.35. The summed E-state index contributed by atoms with van der Waals surface area (Å²) in [6, 6.07) is -0.252. The zero-order valence-electron chi connectivity index (χ0n) is 8.62. The molecule has 1 atom stereocenters. The molecule has 1 rings (SSSR count). The smallest absolute Gasteiger partial charge is 0.267 e. The van der Waals surface area contributed by atoms with Crippen molar-refractivity contribution in [1.29, 1.82) is 0 Å². The first kappa shape index (κ1) is 11.6. The summed E-state index contributed by atoms with van der Waals surface area (Å²) in [5.41, 5.74) is 2.55. The number of amides is 2. The summed E-state index contributed by atoms with van der Waals surface area (Å²) in [5.74, 6) is -0.503. The van der Waals surface area contributed by atoms with Gasteiger partial charge in [0.25, 0.3) is 5.91 Å². The van der Waals surface area contributed by atoms with E-state index in [1.807, 2.05) is 6.92 Å². The molecule has 3 N–H and O–H groups in total. The molecule has 0 saturated heterocycles. The highest BCUT2D eigenvalue weighted by Gasteiger charge is 2.19. The van der Waals surface area contributed by atoms with Crippen LogP contribution in [0.25, 0.3) is 0 Å². The number of nitrogens with one attached hydrogen (secondary N) is 2. The van der Waals surface area contributed by atoms with Gasteiger partial charge in [0.05, 0.1) is 12.6 Å². The number of nitrogens with zero attached hydrogens (tertiary/aromatic N) is 1. The van der Waals surface area contributed by atoms with E-state index in [9.17, 15) is 9.59 Å². The van der Waals surface area contributed by atoms with Gasteiger partial charge in [-0.05, 0) is 6.42 Å². The zero-order chi connectivity index (χ0) is 11.3.